The molecule has 0 spiro atoms. The number of ether oxygens (including phenoxy) is 1. The molecule has 114 valence electrons. The van der Waals surface area contributed by atoms with Crippen molar-refractivity contribution in [2.45, 2.75) is 22.6 Å². The summed E-state index contributed by atoms with van der Waals surface area (Å²) in [5.41, 5.74) is 0.900. The summed E-state index contributed by atoms with van der Waals surface area (Å²) in [6.45, 7) is 0. The minimum atomic E-state index is -0.440. The van der Waals surface area contributed by atoms with Gasteiger partial charge in [0, 0.05) is 10.9 Å². The molecule has 4 heteroatoms. The van der Waals surface area contributed by atoms with E-state index in [1.165, 1.54) is 29.2 Å². The Hall–Kier alpha value is -1.26. The summed E-state index contributed by atoms with van der Waals surface area (Å²) < 4.78 is 5.47. The third kappa shape index (κ3) is 3.73. The molecule has 0 radical (unpaired) electrons. The van der Waals surface area contributed by atoms with Crippen LogP contribution >= 0.6 is 15.9 Å². The van der Waals surface area contributed by atoms with Crippen LogP contribution in [0.4, 0.5) is 0 Å². The lowest BCUT2D eigenvalue weighted by molar-refractivity contribution is -0.133. The van der Waals surface area contributed by atoms with Gasteiger partial charge in [-0.15, -0.1) is 0 Å². The van der Waals surface area contributed by atoms with E-state index in [0.29, 0.717) is 16.6 Å². The van der Waals surface area contributed by atoms with E-state index in [1.807, 2.05) is 42.5 Å². The fourth-order valence-corrected chi connectivity index (χ4v) is 5.22. The van der Waals surface area contributed by atoms with Gasteiger partial charge in [0.05, 0.1) is 0 Å². The lowest BCUT2D eigenvalue weighted by Crippen LogP contribution is -2.14. The molecule has 1 aliphatic rings. The molecule has 0 bridgehead atoms. The second kappa shape index (κ2) is 7.34. The molecule has 1 fully saturated rings. The summed E-state index contributed by atoms with van der Waals surface area (Å²) in [6, 6.07) is 17.6. The quantitative estimate of drug-likeness (QED) is 0.339. The standard InChI is InChI=1S/C18H18BrO2S/c19-17(14-6-2-1-3-7-14)18(20)21-15-8-10-16(11-9-15)22-12-4-5-13-22/h1-3,6-11,17H,4-5,12-13H2/q+1. The molecule has 1 aliphatic heterocycles. The molecule has 1 heterocycles. The molecule has 0 aromatic heterocycles. The summed E-state index contributed by atoms with van der Waals surface area (Å²) in [7, 11) is 0.400. The molecule has 3 rings (SSSR count). The zero-order valence-electron chi connectivity index (χ0n) is 12.2. The van der Waals surface area contributed by atoms with E-state index in [4.69, 9.17) is 4.74 Å². The van der Waals surface area contributed by atoms with Gasteiger partial charge in [-0.3, -0.25) is 4.79 Å². The van der Waals surface area contributed by atoms with Gasteiger partial charge in [0.2, 0.25) is 0 Å². The van der Waals surface area contributed by atoms with Gasteiger partial charge in [0.15, 0.2) is 4.90 Å². The molecule has 2 aromatic rings. The maximum Gasteiger partial charge on any atom is 0.329 e. The lowest BCUT2D eigenvalue weighted by atomic mass is 10.1. The van der Waals surface area contributed by atoms with Crippen molar-refractivity contribution in [3.63, 3.8) is 0 Å². The summed E-state index contributed by atoms with van der Waals surface area (Å²) in [5.74, 6) is 2.92. The van der Waals surface area contributed by atoms with Gasteiger partial charge in [-0.1, -0.05) is 46.3 Å². The Kier molecular flexibility index (Phi) is 5.21. The van der Waals surface area contributed by atoms with Crippen LogP contribution in [0.2, 0.25) is 0 Å². The number of halogens is 1. The monoisotopic (exact) mass is 377 g/mol. The molecule has 0 saturated carbocycles. The number of rotatable bonds is 4. The van der Waals surface area contributed by atoms with Crippen molar-refractivity contribution < 1.29 is 9.53 Å². The highest BCUT2D eigenvalue weighted by atomic mass is 79.9. The Bertz CT molecular complexity index is 621. The molecule has 22 heavy (non-hydrogen) atoms. The van der Waals surface area contributed by atoms with Crippen LogP contribution in [-0.2, 0) is 15.7 Å². The van der Waals surface area contributed by atoms with E-state index in [0.717, 1.165) is 5.56 Å². The van der Waals surface area contributed by atoms with Crippen LogP contribution in [0.15, 0.2) is 59.5 Å². The first kappa shape index (κ1) is 15.6. The zero-order valence-corrected chi connectivity index (χ0v) is 14.6. The van der Waals surface area contributed by atoms with Crippen molar-refractivity contribution in [1.29, 1.82) is 0 Å². The SMILES string of the molecule is O=C(Oc1ccc([S+]2CCCC2)cc1)C(Br)c1ccccc1. The summed E-state index contributed by atoms with van der Waals surface area (Å²) in [5, 5.41) is 0. The smallest absolute Gasteiger partial charge is 0.329 e. The maximum atomic E-state index is 12.2. The van der Waals surface area contributed by atoms with Gasteiger partial charge in [0.25, 0.3) is 0 Å². The maximum absolute atomic E-state index is 12.2. The highest BCUT2D eigenvalue weighted by Crippen LogP contribution is 2.27. The first-order valence-electron chi connectivity index (χ1n) is 7.42. The molecule has 0 N–H and O–H groups in total. The predicted molar refractivity (Wildman–Crippen MR) is 94.8 cm³/mol. The van der Waals surface area contributed by atoms with Gasteiger partial charge in [0.1, 0.15) is 22.1 Å². The minimum absolute atomic E-state index is 0.290. The molecular formula is C18H18BrO2S+. The number of esters is 1. The van der Waals surface area contributed by atoms with Crippen LogP contribution in [0.5, 0.6) is 5.75 Å². The number of benzene rings is 2. The third-order valence-electron chi connectivity index (χ3n) is 3.71. The second-order valence-electron chi connectivity index (χ2n) is 5.27. The van der Waals surface area contributed by atoms with Crippen LogP contribution in [0, 0.1) is 0 Å². The Morgan fingerprint density at radius 3 is 2.27 bits per heavy atom. The van der Waals surface area contributed by atoms with E-state index in [-0.39, 0.29) is 5.97 Å². The summed E-state index contributed by atoms with van der Waals surface area (Å²) in [6.07, 6.45) is 2.67. The van der Waals surface area contributed by atoms with E-state index in [9.17, 15) is 4.79 Å². The Morgan fingerprint density at radius 2 is 1.64 bits per heavy atom. The molecule has 2 aromatic carbocycles. The van der Waals surface area contributed by atoms with Crippen molar-refractivity contribution in [2.24, 2.45) is 0 Å². The molecule has 1 unspecified atom stereocenters. The van der Waals surface area contributed by atoms with E-state index in [2.05, 4.69) is 28.1 Å². The fraction of sp³-hybridized carbons (Fsp3) is 0.278. The molecule has 1 saturated heterocycles. The van der Waals surface area contributed by atoms with Crippen LogP contribution in [0.25, 0.3) is 0 Å². The second-order valence-corrected chi connectivity index (χ2v) is 8.46. The highest BCUT2D eigenvalue weighted by molar-refractivity contribution is 9.09. The van der Waals surface area contributed by atoms with E-state index >= 15 is 0 Å². The Labute approximate surface area is 142 Å². The Balaban J connectivity index is 1.64. The van der Waals surface area contributed by atoms with Gasteiger partial charge in [-0.2, -0.15) is 0 Å². The zero-order chi connectivity index (χ0) is 15.4. The van der Waals surface area contributed by atoms with Crippen LogP contribution < -0.4 is 4.74 Å². The van der Waals surface area contributed by atoms with Gasteiger partial charge in [-0.25, -0.2) is 0 Å². The van der Waals surface area contributed by atoms with Crippen molar-refractivity contribution >= 4 is 32.8 Å². The number of carbonyl (C=O) groups excluding carboxylic acids is 1. The predicted octanol–water partition coefficient (Wildman–Crippen LogP) is 4.50. The molecular weight excluding hydrogens is 360 g/mol. The van der Waals surface area contributed by atoms with E-state index in [1.54, 1.807) is 0 Å². The average Bonchev–Trinajstić information content (AvgIpc) is 3.10. The highest BCUT2D eigenvalue weighted by Gasteiger charge is 2.26. The average molecular weight is 378 g/mol. The number of hydrogen-bond acceptors (Lipinski definition) is 2. The van der Waals surface area contributed by atoms with Gasteiger partial charge in [-0.05, 0) is 42.7 Å². The number of hydrogen-bond donors (Lipinski definition) is 0. The third-order valence-corrected chi connectivity index (χ3v) is 7.11. The minimum Gasteiger partial charge on any atom is -0.425 e. The largest absolute Gasteiger partial charge is 0.425 e. The summed E-state index contributed by atoms with van der Waals surface area (Å²) in [4.78, 5) is 13.1. The first-order valence-corrected chi connectivity index (χ1v) is 9.90. The fourth-order valence-electron chi connectivity index (χ4n) is 2.52. The molecule has 0 amide bonds. The Morgan fingerprint density at radius 1 is 1.00 bits per heavy atom. The van der Waals surface area contributed by atoms with Crippen molar-refractivity contribution in [3.8, 4) is 5.75 Å². The van der Waals surface area contributed by atoms with Crippen LogP contribution in [-0.4, -0.2) is 17.5 Å². The summed E-state index contributed by atoms with van der Waals surface area (Å²) >= 11 is 3.40. The van der Waals surface area contributed by atoms with Crippen molar-refractivity contribution in [2.75, 3.05) is 11.5 Å². The molecule has 2 nitrogen and oxygen atoms in total. The number of alkyl halides is 1. The van der Waals surface area contributed by atoms with Crippen LogP contribution in [0.1, 0.15) is 23.2 Å². The van der Waals surface area contributed by atoms with E-state index < -0.39 is 4.83 Å². The van der Waals surface area contributed by atoms with Crippen LogP contribution in [0.3, 0.4) is 0 Å². The van der Waals surface area contributed by atoms with Crippen molar-refractivity contribution in [1.82, 2.24) is 0 Å². The van der Waals surface area contributed by atoms with Crippen molar-refractivity contribution in [3.05, 3.63) is 60.2 Å². The lowest BCUT2D eigenvalue weighted by Gasteiger charge is -2.10. The first-order chi connectivity index (χ1) is 10.7. The molecule has 0 aliphatic carbocycles. The topological polar surface area (TPSA) is 26.3 Å². The number of carbonyl (C=O) groups is 1. The van der Waals surface area contributed by atoms with Gasteiger partial charge >= 0.3 is 5.97 Å². The molecule has 1 atom stereocenters. The normalized spacial score (nSPS) is 16.4. The van der Waals surface area contributed by atoms with Gasteiger partial charge < -0.3 is 4.74 Å².